The van der Waals surface area contributed by atoms with Gasteiger partial charge in [-0.3, -0.25) is 14.5 Å². The molecule has 1 atom stereocenters. The average molecular weight is 372 g/mol. The molecule has 2 aromatic carbocycles. The molecule has 1 aromatic heterocycles. The molecule has 0 bridgehead atoms. The Hall–Kier alpha value is -3.00. The van der Waals surface area contributed by atoms with Crippen molar-refractivity contribution in [3.8, 4) is 5.75 Å². The number of aliphatic carboxylic acids is 1. The molecule has 1 aliphatic rings. The Kier molecular flexibility index (Phi) is 4.04. The van der Waals surface area contributed by atoms with Gasteiger partial charge in [-0.25, -0.2) is 9.37 Å². The first-order valence-electron chi connectivity index (χ1n) is 7.85. The maximum atomic E-state index is 13.4. The number of nitrogens with zero attached hydrogens (tertiary/aromatic N) is 2. The van der Waals surface area contributed by atoms with Crippen LogP contribution in [0.1, 0.15) is 11.4 Å². The molecule has 4 rings (SSSR count). The van der Waals surface area contributed by atoms with Crippen LogP contribution in [-0.2, 0) is 16.1 Å². The van der Waals surface area contributed by atoms with E-state index in [1.165, 1.54) is 28.4 Å². The van der Waals surface area contributed by atoms with E-state index in [1.54, 1.807) is 30.3 Å². The predicted octanol–water partition coefficient (Wildman–Crippen LogP) is 3.20. The number of para-hydroxylation sites is 2. The first-order valence-corrected chi connectivity index (χ1v) is 8.67. The number of carboxylic acids is 1. The maximum absolute atomic E-state index is 13.4. The van der Waals surface area contributed by atoms with Crippen LogP contribution in [0.4, 0.5) is 10.1 Å². The van der Waals surface area contributed by atoms with Crippen LogP contribution in [0.25, 0.3) is 10.2 Å². The topological polar surface area (TPSA) is 79.7 Å². The molecule has 2 heterocycles. The maximum Gasteiger partial charge on any atom is 0.307 e. The minimum absolute atomic E-state index is 0.163. The molecule has 26 heavy (non-hydrogen) atoms. The molecular weight excluding hydrogens is 359 g/mol. The summed E-state index contributed by atoms with van der Waals surface area (Å²) in [7, 11) is 0. The number of amides is 1. The Balaban J connectivity index is 1.70. The van der Waals surface area contributed by atoms with Crippen molar-refractivity contribution in [2.75, 3.05) is 4.90 Å². The molecule has 1 amide bonds. The summed E-state index contributed by atoms with van der Waals surface area (Å²) in [5.41, 5.74) is 1.21. The van der Waals surface area contributed by atoms with Gasteiger partial charge in [-0.1, -0.05) is 12.1 Å². The van der Waals surface area contributed by atoms with E-state index in [2.05, 4.69) is 4.98 Å². The molecule has 1 unspecified atom stereocenters. The highest BCUT2D eigenvalue weighted by Gasteiger charge is 2.36. The van der Waals surface area contributed by atoms with Gasteiger partial charge < -0.3 is 9.84 Å². The molecule has 8 heteroatoms. The van der Waals surface area contributed by atoms with Crippen molar-refractivity contribution in [1.29, 1.82) is 0 Å². The van der Waals surface area contributed by atoms with Gasteiger partial charge in [0.1, 0.15) is 16.6 Å². The Bertz CT molecular complexity index is 1020. The normalized spacial score (nSPS) is 16.4. The van der Waals surface area contributed by atoms with Gasteiger partial charge in [0.05, 0.1) is 28.9 Å². The number of thiazole rings is 1. The molecule has 0 saturated heterocycles. The fraction of sp³-hybridized carbons (Fsp3) is 0.167. The third-order valence-corrected chi connectivity index (χ3v) is 5.02. The molecule has 3 aromatic rings. The van der Waals surface area contributed by atoms with E-state index in [0.717, 1.165) is 0 Å². The van der Waals surface area contributed by atoms with E-state index >= 15 is 0 Å². The molecule has 0 saturated carbocycles. The lowest BCUT2D eigenvalue weighted by atomic mass is 10.1. The standard InChI is InChI=1S/C18H13FN2O4S/c19-10-5-6-11-15(7-10)26-16(20-11)9-21-12-3-1-2-4-13(12)25-14(18(21)24)8-17(22)23/h1-7,14H,8-9H2,(H,22,23). The van der Waals surface area contributed by atoms with Crippen LogP contribution in [0.2, 0.25) is 0 Å². The summed E-state index contributed by atoms with van der Waals surface area (Å²) >= 11 is 1.29. The van der Waals surface area contributed by atoms with E-state index in [9.17, 15) is 14.0 Å². The smallest absolute Gasteiger partial charge is 0.307 e. The van der Waals surface area contributed by atoms with Crippen molar-refractivity contribution in [3.05, 3.63) is 53.3 Å². The number of rotatable bonds is 4. The van der Waals surface area contributed by atoms with Crippen LogP contribution in [0.15, 0.2) is 42.5 Å². The van der Waals surface area contributed by atoms with Crippen molar-refractivity contribution < 1.29 is 23.8 Å². The zero-order chi connectivity index (χ0) is 18.3. The number of carboxylic acid groups (broad SMARTS) is 1. The summed E-state index contributed by atoms with van der Waals surface area (Å²) in [4.78, 5) is 29.7. The number of aromatic nitrogens is 1. The van der Waals surface area contributed by atoms with Gasteiger partial charge in [-0.2, -0.15) is 0 Å². The predicted molar refractivity (Wildman–Crippen MR) is 93.9 cm³/mol. The molecular formula is C18H13FN2O4S. The van der Waals surface area contributed by atoms with Gasteiger partial charge in [-0.15, -0.1) is 11.3 Å². The summed E-state index contributed by atoms with van der Waals surface area (Å²) in [5.74, 6) is -1.44. The SMILES string of the molecule is O=C(O)CC1Oc2ccccc2N(Cc2nc3ccc(F)cc3s2)C1=O. The molecule has 1 N–H and O–H groups in total. The van der Waals surface area contributed by atoms with E-state index in [1.807, 2.05) is 0 Å². The van der Waals surface area contributed by atoms with Crippen LogP contribution in [0, 0.1) is 5.82 Å². The van der Waals surface area contributed by atoms with Gasteiger partial charge in [0.15, 0.2) is 6.10 Å². The monoisotopic (exact) mass is 372 g/mol. The van der Waals surface area contributed by atoms with Gasteiger partial charge in [-0.05, 0) is 30.3 Å². The Morgan fingerprint density at radius 2 is 2.12 bits per heavy atom. The summed E-state index contributed by atoms with van der Waals surface area (Å²) < 4.78 is 19.6. The van der Waals surface area contributed by atoms with Crippen molar-refractivity contribution in [2.24, 2.45) is 0 Å². The van der Waals surface area contributed by atoms with Gasteiger partial charge >= 0.3 is 5.97 Å². The summed E-state index contributed by atoms with van der Waals surface area (Å²) in [6, 6.07) is 11.3. The van der Waals surface area contributed by atoms with Crippen LogP contribution in [-0.4, -0.2) is 28.1 Å². The van der Waals surface area contributed by atoms with Crippen molar-refractivity contribution in [3.63, 3.8) is 0 Å². The molecule has 0 radical (unpaired) electrons. The molecule has 132 valence electrons. The summed E-state index contributed by atoms with van der Waals surface area (Å²) in [5, 5.41) is 9.66. The lowest BCUT2D eigenvalue weighted by molar-refractivity contribution is -0.142. The molecule has 1 aliphatic heterocycles. The average Bonchev–Trinajstić information content (AvgIpc) is 2.99. The molecule has 0 spiro atoms. The van der Waals surface area contributed by atoms with Crippen molar-refractivity contribution in [2.45, 2.75) is 19.1 Å². The Labute approximate surface area is 151 Å². The highest BCUT2D eigenvalue weighted by atomic mass is 32.1. The fourth-order valence-corrected chi connectivity index (χ4v) is 3.86. The number of halogens is 1. The first-order chi connectivity index (χ1) is 12.5. The number of benzene rings is 2. The molecule has 6 nitrogen and oxygen atoms in total. The highest BCUT2D eigenvalue weighted by molar-refractivity contribution is 7.18. The lowest BCUT2D eigenvalue weighted by Gasteiger charge is -2.33. The Morgan fingerprint density at radius 3 is 2.92 bits per heavy atom. The van der Waals surface area contributed by atoms with E-state index in [0.29, 0.717) is 26.7 Å². The van der Waals surface area contributed by atoms with Gasteiger partial charge in [0.25, 0.3) is 5.91 Å². The van der Waals surface area contributed by atoms with Crippen LogP contribution < -0.4 is 9.64 Å². The zero-order valence-corrected chi connectivity index (χ0v) is 14.2. The second-order valence-corrected chi connectivity index (χ2v) is 6.93. The zero-order valence-electron chi connectivity index (χ0n) is 13.4. The molecule has 0 aliphatic carbocycles. The van der Waals surface area contributed by atoms with Crippen LogP contribution >= 0.6 is 11.3 Å². The van der Waals surface area contributed by atoms with Gasteiger partial charge in [0, 0.05) is 0 Å². The second-order valence-electron chi connectivity index (χ2n) is 5.82. The Morgan fingerprint density at radius 1 is 1.31 bits per heavy atom. The number of anilines is 1. The number of hydrogen-bond acceptors (Lipinski definition) is 5. The number of hydrogen-bond donors (Lipinski definition) is 1. The summed E-state index contributed by atoms with van der Waals surface area (Å²) in [6.45, 7) is 0.163. The lowest BCUT2D eigenvalue weighted by Crippen LogP contribution is -2.46. The minimum Gasteiger partial charge on any atom is -0.481 e. The van der Waals surface area contributed by atoms with Crippen LogP contribution in [0.3, 0.4) is 0 Å². The fourth-order valence-electron chi connectivity index (χ4n) is 2.88. The van der Waals surface area contributed by atoms with E-state index in [4.69, 9.17) is 9.84 Å². The number of fused-ring (bicyclic) bond motifs is 2. The van der Waals surface area contributed by atoms with Crippen molar-refractivity contribution in [1.82, 2.24) is 4.98 Å². The molecule has 0 fully saturated rings. The quantitative estimate of drug-likeness (QED) is 0.761. The van der Waals surface area contributed by atoms with E-state index < -0.39 is 24.4 Å². The third kappa shape index (κ3) is 2.99. The van der Waals surface area contributed by atoms with Crippen LogP contribution in [0.5, 0.6) is 5.75 Å². The highest BCUT2D eigenvalue weighted by Crippen LogP contribution is 2.36. The van der Waals surface area contributed by atoms with Crippen molar-refractivity contribution >= 4 is 39.1 Å². The summed E-state index contributed by atoms with van der Waals surface area (Å²) in [6.07, 6.45) is -1.51. The largest absolute Gasteiger partial charge is 0.481 e. The van der Waals surface area contributed by atoms with E-state index in [-0.39, 0.29) is 12.4 Å². The number of carbonyl (C=O) groups is 2. The van der Waals surface area contributed by atoms with Gasteiger partial charge in [0.2, 0.25) is 0 Å². The first kappa shape index (κ1) is 16.5. The number of carbonyl (C=O) groups excluding carboxylic acids is 1. The number of ether oxygens (including phenoxy) is 1. The third-order valence-electron chi connectivity index (χ3n) is 4.01. The second kappa shape index (κ2) is 6.38. The minimum atomic E-state index is -1.11.